The largest absolute Gasteiger partial charge is 0.496 e. The minimum atomic E-state index is 0.805. The van der Waals surface area contributed by atoms with Gasteiger partial charge in [-0.15, -0.1) is 0 Å². The van der Waals surface area contributed by atoms with Crippen molar-refractivity contribution in [3.63, 3.8) is 0 Å². The molecule has 0 fully saturated rings. The summed E-state index contributed by atoms with van der Waals surface area (Å²) in [5, 5.41) is 3.26. The zero-order valence-electron chi connectivity index (χ0n) is 13.4. The molecule has 1 aromatic heterocycles. The third-order valence-electron chi connectivity index (χ3n) is 3.60. The Balaban J connectivity index is 2.60. The Morgan fingerprint density at radius 2 is 1.90 bits per heavy atom. The van der Waals surface area contributed by atoms with Gasteiger partial charge in [0.15, 0.2) is 0 Å². The second-order valence-corrected chi connectivity index (χ2v) is 5.03. The minimum absolute atomic E-state index is 0.805. The van der Waals surface area contributed by atoms with Crippen molar-refractivity contribution in [3.8, 4) is 17.0 Å². The van der Waals surface area contributed by atoms with Gasteiger partial charge in [0.2, 0.25) is 0 Å². The molecule has 4 nitrogen and oxygen atoms in total. The van der Waals surface area contributed by atoms with Crippen LogP contribution in [0.2, 0.25) is 0 Å². The summed E-state index contributed by atoms with van der Waals surface area (Å²) in [4.78, 5) is 9.15. The lowest BCUT2D eigenvalue weighted by atomic mass is 10.0. The van der Waals surface area contributed by atoms with Crippen LogP contribution in [-0.4, -0.2) is 23.6 Å². The zero-order chi connectivity index (χ0) is 15.4. The van der Waals surface area contributed by atoms with Crippen LogP contribution in [0.5, 0.6) is 5.75 Å². The average molecular weight is 285 g/mol. The van der Waals surface area contributed by atoms with Crippen LogP contribution in [-0.2, 0) is 6.42 Å². The molecule has 0 atom stereocenters. The summed E-state index contributed by atoms with van der Waals surface area (Å²) in [5.74, 6) is 2.58. The summed E-state index contributed by atoms with van der Waals surface area (Å²) in [5.41, 5.74) is 4.28. The van der Waals surface area contributed by atoms with Crippen LogP contribution in [0.4, 0.5) is 5.82 Å². The smallest absolute Gasteiger partial charge is 0.131 e. The fourth-order valence-electron chi connectivity index (χ4n) is 2.32. The number of methoxy groups -OCH3 is 1. The van der Waals surface area contributed by atoms with Crippen LogP contribution in [0.1, 0.15) is 30.8 Å². The highest BCUT2D eigenvalue weighted by atomic mass is 16.5. The summed E-state index contributed by atoms with van der Waals surface area (Å²) < 4.78 is 5.60. The normalized spacial score (nSPS) is 10.5. The number of hydrogen-bond acceptors (Lipinski definition) is 4. The fraction of sp³-hybridized carbons (Fsp3) is 0.412. The van der Waals surface area contributed by atoms with E-state index in [1.807, 2.05) is 6.07 Å². The molecule has 0 spiro atoms. The molecule has 0 saturated heterocycles. The van der Waals surface area contributed by atoms with Gasteiger partial charge in [0.25, 0.3) is 0 Å². The lowest BCUT2D eigenvalue weighted by molar-refractivity contribution is 0.413. The molecule has 4 heteroatoms. The van der Waals surface area contributed by atoms with Crippen LogP contribution in [0.3, 0.4) is 0 Å². The third-order valence-corrected chi connectivity index (χ3v) is 3.60. The molecule has 0 aliphatic heterocycles. The molecular weight excluding hydrogens is 262 g/mol. The second-order valence-electron chi connectivity index (χ2n) is 5.03. The summed E-state index contributed by atoms with van der Waals surface area (Å²) in [7, 11) is 1.71. The number of benzene rings is 1. The Morgan fingerprint density at radius 1 is 1.14 bits per heavy atom. The van der Waals surface area contributed by atoms with Crippen LogP contribution in [0, 0.1) is 13.8 Å². The highest BCUT2D eigenvalue weighted by molar-refractivity contribution is 5.72. The van der Waals surface area contributed by atoms with Gasteiger partial charge in [-0.05, 0) is 38.0 Å². The highest BCUT2D eigenvalue weighted by Crippen LogP contribution is 2.34. The molecule has 0 bridgehead atoms. The molecule has 0 aliphatic carbocycles. The van der Waals surface area contributed by atoms with Gasteiger partial charge in [-0.3, -0.25) is 0 Å². The first kappa shape index (κ1) is 15.3. The van der Waals surface area contributed by atoms with E-state index in [1.165, 1.54) is 5.56 Å². The first-order valence-electron chi connectivity index (χ1n) is 7.37. The number of nitrogens with zero attached hydrogens (tertiary/aromatic N) is 2. The number of anilines is 1. The van der Waals surface area contributed by atoms with E-state index in [9.17, 15) is 0 Å². The summed E-state index contributed by atoms with van der Waals surface area (Å²) in [6, 6.07) is 6.15. The number of hydrogen-bond donors (Lipinski definition) is 1. The van der Waals surface area contributed by atoms with E-state index in [2.05, 4.69) is 55.1 Å². The van der Waals surface area contributed by atoms with E-state index >= 15 is 0 Å². The predicted octanol–water partition coefficient (Wildman–Crippen LogP) is 3.76. The number of nitrogens with one attached hydrogen (secondary N) is 1. The number of rotatable bonds is 5. The average Bonchev–Trinajstić information content (AvgIpc) is 2.49. The Morgan fingerprint density at radius 3 is 2.52 bits per heavy atom. The standard InChI is InChI=1S/C17H23N3O/c1-6-15-19-14(10-16(20-15)18-7-2)13-9-8-11(3)12(4)17(13)21-5/h8-10H,6-7H2,1-5H3,(H,18,19,20). The number of ether oxygens (including phenoxy) is 1. The van der Waals surface area contributed by atoms with Crippen molar-refractivity contribution in [1.29, 1.82) is 0 Å². The number of aromatic nitrogens is 2. The van der Waals surface area contributed by atoms with E-state index in [0.29, 0.717) is 0 Å². The zero-order valence-corrected chi connectivity index (χ0v) is 13.4. The lowest BCUT2D eigenvalue weighted by Gasteiger charge is -2.14. The predicted molar refractivity (Wildman–Crippen MR) is 87.0 cm³/mol. The first-order valence-corrected chi connectivity index (χ1v) is 7.37. The van der Waals surface area contributed by atoms with E-state index in [0.717, 1.165) is 47.2 Å². The maximum absolute atomic E-state index is 5.60. The van der Waals surface area contributed by atoms with Crippen molar-refractivity contribution in [2.75, 3.05) is 19.0 Å². The Labute approximate surface area is 126 Å². The van der Waals surface area contributed by atoms with Crippen molar-refractivity contribution in [3.05, 3.63) is 35.2 Å². The van der Waals surface area contributed by atoms with Crippen LogP contribution in [0.25, 0.3) is 11.3 Å². The van der Waals surface area contributed by atoms with Crippen LogP contribution < -0.4 is 10.1 Å². The quantitative estimate of drug-likeness (QED) is 0.908. The van der Waals surface area contributed by atoms with Gasteiger partial charge >= 0.3 is 0 Å². The monoisotopic (exact) mass is 285 g/mol. The molecular formula is C17H23N3O. The molecule has 2 aromatic rings. The van der Waals surface area contributed by atoms with Crippen LogP contribution >= 0.6 is 0 Å². The maximum atomic E-state index is 5.60. The van der Waals surface area contributed by atoms with E-state index in [4.69, 9.17) is 4.74 Å². The van der Waals surface area contributed by atoms with Gasteiger partial charge in [0, 0.05) is 24.6 Å². The molecule has 112 valence electrons. The molecule has 0 radical (unpaired) electrons. The van der Waals surface area contributed by atoms with Gasteiger partial charge in [-0.25, -0.2) is 9.97 Å². The molecule has 1 N–H and O–H groups in total. The van der Waals surface area contributed by atoms with Gasteiger partial charge < -0.3 is 10.1 Å². The molecule has 0 unspecified atom stereocenters. The van der Waals surface area contributed by atoms with Crippen molar-refractivity contribution in [1.82, 2.24) is 9.97 Å². The highest BCUT2D eigenvalue weighted by Gasteiger charge is 2.13. The molecule has 2 rings (SSSR count). The van der Waals surface area contributed by atoms with Gasteiger partial charge in [0.05, 0.1) is 12.8 Å². The van der Waals surface area contributed by atoms with Crippen LogP contribution in [0.15, 0.2) is 18.2 Å². The molecule has 1 aromatic carbocycles. The van der Waals surface area contributed by atoms with E-state index in [1.54, 1.807) is 7.11 Å². The van der Waals surface area contributed by atoms with Crippen molar-refractivity contribution >= 4 is 5.82 Å². The van der Waals surface area contributed by atoms with Crippen molar-refractivity contribution < 1.29 is 4.74 Å². The first-order chi connectivity index (χ1) is 10.1. The van der Waals surface area contributed by atoms with Gasteiger partial charge in [0.1, 0.15) is 17.4 Å². The fourth-order valence-corrected chi connectivity index (χ4v) is 2.32. The molecule has 21 heavy (non-hydrogen) atoms. The second kappa shape index (κ2) is 6.57. The Bertz CT molecular complexity index is 638. The number of aryl methyl sites for hydroxylation is 2. The van der Waals surface area contributed by atoms with Crippen molar-refractivity contribution in [2.24, 2.45) is 0 Å². The van der Waals surface area contributed by atoms with Crippen molar-refractivity contribution in [2.45, 2.75) is 34.1 Å². The molecule has 0 aliphatic rings. The van der Waals surface area contributed by atoms with E-state index < -0.39 is 0 Å². The topological polar surface area (TPSA) is 47.0 Å². The summed E-state index contributed by atoms with van der Waals surface area (Å²) in [6.45, 7) is 9.12. The summed E-state index contributed by atoms with van der Waals surface area (Å²) in [6.07, 6.45) is 0.805. The Hall–Kier alpha value is -2.10. The lowest BCUT2D eigenvalue weighted by Crippen LogP contribution is -2.05. The Kier molecular flexibility index (Phi) is 4.78. The maximum Gasteiger partial charge on any atom is 0.131 e. The molecule has 0 saturated carbocycles. The molecule has 1 heterocycles. The minimum Gasteiger partial charge on any atom is -0.496 e. The third kappa shape index (κ3) is 3.15. The SMILES string of the molecule is CCNc1cc(-c2ccc(C)c(C)c2OC)nc(CC)n1. The van der Waals surface area contributed by atoms with Gasteiger partial charge in [-0.2, -0.15) is 0 Å². The van der Waals surface area contributed by atoms with Gasteiger partial charge in [-0.1, -0.05) is 13.0 Å². The van der Waals surface area contributed by atoms with E-state index in [-0.39, 0.29) is 0 Å². The molecule has 0 amide bonds. The summed E-state index contributed by atoms with van der Waals surface area (Å²) >= 11 is 0.